The van der Waals surface area contributed by atoms with Crippen LogP contribution in [0.5, 0.6) is 0 Å². The molecule has 0 bridgehead atoms. The molecule has 371 valence electrons. The molecule has 4 amide bonds. The van der Waals surface area contributed by atoms with Crippen molar-refractivity contribution in [2.45, 2.75) is 89.9 Å². The van der Waals surface area contributed by atoms with E-state index in [4.69, 9.17) is 5.73 Å². The molecule has 1 aromatic heterocycles. The second-order valence-electron chi connectivity index (χ2n) is 19.4. The number of hydrogen-bond donors (Lipinski definition) is 2. The molecule has 0 saturated carbocycles. The van der Waals surface area contributed by atoms with Crippen LogP contribution in [0.3, 0.4) is 0 Å². The van der Waals surface area contributed by atoms with Crippen molar-refractivity contribution in [3.05, 3.63) is 112 Å². The van der Waals surface area contributed by atoms with Gasteiger partial charge in [0, 0.05) is 99.4 Å². The minimum atomic E-state index is -1.34. The van der Waals surface area contributed by atoms with Gasteiger partial charge in [-0.2, -0.15) is 6.92 Å². The first-order chi connectivity index (χ1) is 32.7. The number of nitrogen functional groups attached to an aromatic ring is 1. The summed E-state index contributed by atoms with van der Waals surface area (Å²) in [5.41, 5.74) is 10.7. The molecule has 1 radical (unpaired) electrons. The Bertz CT molecular complexity index is 2900. The summed E-state index contributed by atoms with van der Waals surface area (Å²) in [4.78, 5) is 73.3. The largest absolute Gasteiger partial charge is 0.483 e. The van der Waals surface area contributed by atoms with Crippen molar-refractivity contribution in [3.63, 3.8) is 0 Å². The van der Waals surface area contributed by atoms with Crippen LogP contribution < -0.4 is 21.6 Å². The summed E-state index contributed by atoms with van der Waals surface area (Å²) in [6.45, 7) is 11.8. The van der Waals surface area contributed by atoms with Crippen LogP contribution in [-0.4, -0.2) is 98.9 Å². The molecule has 9 rings (SSSR count). The zero-order valence-corrected chi connectivity index (χ0v) is 42.0. The fraction of sp³-hybridized carbons (Fsp3) is 0.444. The number of aryl methyl sites for hydroxylation is 2. The Morgan fingerprint density at radius 1 is 0.899 bits per heavy atom. The molecule has 3 N–H and O–H groups in total. The minimum absolute atomic E-state index is 0. The number of nitrogens with zero attached hydrogens (tertiary/aromatic N) is 6. The molecular weight excluding hydrogens is 1120 g/mol. The molecule has 1 unspecified atom stereocenters. The first kappa shape index (κ1) is 48.0. The van der Waals surface area contributed by atoms with Crippen molar-refractivity contribution >= 4 is 56.8 Å². The summed E-state index contributed by atoms with van der Waals surface area (Å²) in [5, 5.41) is 4.46. The first-order valence-electron chi connectivity index (χ1n) is 24.2. The molecule has 5 aromatic rings. The number of halogens is 1. The van der Waals surface area contributed by atoms with Crippen LogP contribution in [0, 0.1) is 37.1 Å². The van der Waals surface area contributed by atoms with Crippen LogP contribution in [0.2, 0.25) is 0 Å². The summed E-state index contributed by atoms with van der Waals surface area (Å²) in [5.74, 6) is 6.36. The predicted octanol–water partition coefficient (Wildman–Crippen LogP) is 7.06. The van der Waals surface area contributed by atoms with Crippen molar-refractivity contribution in [3.8, 4) is 11.8 Å². The number of hydrogen-bond acceptors (Lipinski definition) is 8. The fourth-order valence-corrected chi connectivity index (χ4v) is 11.0. The number of aromatic nitrogens is 2. The number of imidazole rings is 1. The zero-order chi connectivity index (χ0) is 47.9. The maximum atomic E-state index is 16.4. The monoisotopic (exact) mass is 1180 g/mol. The van der Waals surface area contributed by atoms with E-state index in [1.807, 2.05) is 74.7 Å². The topological polar surface area (TPSA) is 146 Å². The summed E-state index contributed by atoms with van der Waals surface area (Å²) in [6, 6.07) is 22.6. The van der Waals surface area contributed by atoms with Crippen molar-refractivity contribution < 1.29 is 23.6 Å². The molecule has 4 aliphatic heterocycles. The van der Waals surface area contributed by atoms with Gasteiger partial charge >= 0.3 is 5.69 Å². The van der Waals surface area contributed by atoms with E-state index in [1.54, 1.807) is 22.6 Å². The standard InChI is InChI=1S/C54H62FN8O5.Lr/c1-5-62(52(67)45-32-40(56)14-10-35(45)2)36(3)42-16-13-38(43-8-6-7-9-44(42)43)12-11-37-20-26-59(27-21-37)34-54(55)24-30-61(31-25-54)51(66)39-22-28-60(29-23-39)41-15-17-46-48(33-41)58(4)53(68)63(46)47-18-19-49(64)57-50(47)65;/h5-10,13-17,32-33,36-37,39,47H,18-31,34,56H2,1-4H3,(H,57,64,65);/q-1;/t36-,47?;/m1./s1. The van der Waals surface area contributed by atoms with Gasteiger partial charge in [-0.1, -0.05) is 48.2 Å². The van der Waals surface area contributed by atoms with Gasteiger partial charge in [0.05, 0.1) is 11.0 Å². The second kappa shape index (κ2) is 19.6. The number of imide groups is 1. The van der Waals surface area contributed by atoms with Gasteiger partial charge in [-0.25, -0.2) is 15.7 Å². The molecule has 5 heterocycles. The Balaban J connectivity index is 0.00000642. The average Bonchev–Trinajstić information content (AvgIpc) is 3.59. The maximum Gasteiger partial charge on any atom is 0.329 e. The zero-order valence-electron chi connectivity index (χ0n) is 39.9. The van der Waals surface area contributed by atoms with E-state index >= 15 is 4.39 Å². The van der Waals surface area contributed by atoms with E-state index in [2.05, 4.69) is 51.2 Å². The molecule has 69 heavy (non-hydrogen) atoms. The van der Waals surface area contributed by atoms with Gasteiger partial charge < -0.3 is 25.3 Å². The van der Waals surface area contributed by atoms with E-state index in [-0.39, 0.29) is 54.1 Å². The van der Waals surface area contributed by atoms with E-state index in [9.17, 15) is 24.0 Å². The summed E-state index contributed by atoms with van der Waals surface area (Å²) >= 11 is 0. The second-order valence-corrected chi connectivity index (χ2v) is 19.4. The number of likely N-dealkylation sites (tertiary alicyclic amines) is 2. The van der Waals surface area contributed by atoms with Crippen molar-refractivity contribution in [2.24, 2.45) is 18.9 Å². The number of amides is 4. The summed E-state index contributed by atoms with van der Waals surface area (Å²) < 4.78 is 19.4. The molecule has 13 nitrogen and oxygen atoms in total. The van der Waals surface area contributed by atoms with Crippen LogP contribution in [0.25, 0.3) is 21.8 Å². The maximum absolute atomic E-state index is 16.4. The Morgan fingerprint density at radius 3 is 2.30 bits per heavy atom. The van der Waals surface area contributed by atoms with Gasteiger partial charge in [-0.05, 0) is 117 Å². The Hall–Kier alpha value is -7.46. The van der Waals surface area contributed by atoms with Gasteiger partial charge in [0.25, 0.3) is 0 Å². The van der Waals surface area contributed by atoms with E-state index in [1.165, 1.54) is 4.57 Å². The molecule has 15 heteroatoms. The third-order valence-corrected chi connectivity index (χ3v) is 15.1. The molecule has 0 spiro atoms. The Morgan fingerprint density at radius 2 is 1.61 bits per heavy atom. The molecule has 2 atom stereocenters. The minimum Gasteiger partial charge on any atom is -0.483 e. The Labute approximate surface area is 397 Å². The number of piperidine rings is 4. The van der Waals surface area contributed by atoms with Gasteiger partial charge in [0.15, 0.2) is 0 Å². The van der Waals surface area contributed by atoms with Crippen molar-refractivity contribution in [1.29, 1.82) is 0 Å². The molecule has 4 saturated heterocycles. The number of nitrogens with two attached hydrogens (primary N) is 1. The van der Waals surface area contributed by atoms with Crippen LogP contribution in [0.15, 0.2) is 77.6 Å². The molecular formula is C54H62FLrN8O5-. The number of anilines is 2. The quantitative estimate of drug-likeness (QED) is 0.0692. The van der Waals surface area contributed by atoms with Gasteiger partial charge in [-0.15, -0.1) is 0 Å². The summed E-state index contributed by atoms with van der Waals surface area (Å²) in [7, 11) is 1.69. The fourth-order valence-electron chi connectivity index (χ4n) is 11.0. The van der Waals surface area contributed by atoms with Gasteiger partial charge in [0.2, 0.25) is 23.6 Å². The molecule has 4 fully saturated rings. The normalized spacial score (nSPS) is 19.7. The number of nitrogens with one attached hydrogen (secondary N) is 1. The average molecular weight is 1180 g/mol. The van der Waals surface area contributed by atoms with E-state index < -0.39 is 17.6 Å². The van der Waals surface area contributed by atoms with E-state index in [0.717, 1.165) is 59.1 Å². The number of fused-ring (bicyclic) bond motifs is 2. The van der Waals surface area contributed by atoms with Crippen LogP contribution in [0.1, 0.15) is 104 Å². The third kappa shape index (κ3) is 9.53. The van der Waals surface area contributed by atoms with Crippen molar-refractivity contribution in [2.75, 3.05) is 56.4 Å². The van der Waals surface area contributed by atoms with Crippen LogP contribution in [-0.2, 0) is 21.4 Å². The van der Waals surface area contributed by atoms with Crippen LogP contribution in [0.4, 0.5) is 15.8 Å². The van der Waals surface area contributed by atoms with Crippen molar-refractivity contribution in [1.82, 2.24) is 29.2 Å². The number of benzene rings is 4. The molecule has 4 aromatic carbocycles. The molecule has 4 aliphatic rings. The predicted molar refractivity (Wildman–Crippen MR) is 263 cm³/mol. The number of carbonyl (C=O) groups excluding carboxylic acids is 4. The Kier molecular flexibility index (Phi) is 13.7. The van der Waals surface area contributed by atoms with E-state index in [0.29, 0.717) is 80.7 Å². The molecule has 0 aliphatic carbocycles. The number of rotatable bonds is 9. The number of alkyl halides is 1. The summed E-state index contributed by atoms with van der Waals surface area (Å²) in [6.07, 6.45) is 4.24. The number of carbonyl (C=O) groups is 4. The SMILES string of the molecule is C[CH-]N(C(=O)c1cc(N)ccc1C)[C@H](C)c1ccc(C#CC2CCN(CC3(F)CCN(C(=O)C4CCN(c5ccc6c(c5)n(C)c(=O)n6C5CCC(=O)NC5=O)CC4)CC3)CC2)c2ccccc12.[Lr]. The van der Waals surface area contributed by atoms with Gasteiger partial charge in [-0.3, -0.25) is 33.6 Å². The van der Waals surface area contributed by atoms with Crippen LogP contribution >= 0.6 is 0 Å². The van der Waals surface area contributed by atoms with Gasteiger partial charge in [0.1, 0.15) is 11.7 Å². The first-order valence-corrected chi connectivity index (χ1v) is 24.2. The smallest absolute Gasteiger partial charge is 0.329 e. The third-order valence-electron chi connectivity index (χ3n) is 15.1.